The van der Waals surface area contributed by atoms with Gasteiger partial charge in [0.1, 0.15) is 36.3 Å². The summed E-state index contributed by atoms with van der Waals surface area (Å²) in [5.74, 6) is -3.70. The average Bonchev–Trinajstić information content (AvgIpc) is 3.22. The fourth-order valence-electron chi connectivity index (χ4n) is 6.60. The van der Waals surface area contributed by atoms with Gasteiger partial charge in [0.25, 0.3) is 0 Å². The highest BCUT2D eigenvalue weighted by Gasteiger charge is 2.32. The first kappa shape index (κ1) is 48.3. The maximum Gasteiger partial charge on any atom is 0.573 e. The van der Waals surface area contributed by atoms with Crippen LogP contribution in [0.25, 0.3) is 0 Å². The zero-order valence-electron chi connectivity index (χ0n) is 33.7. The number of aryl methyl sites for hydroxylation is 1. The first-order chi connectivity index (χ1) is 29.9. The molecule has 0 unspecified atom stereocenters. The Bertz CT molecular complexity index is 2090. The number of rotatable bonds is 15. The molecule has 4 aromatic rings. The zero-order chi connectivity index (χ0) is 45.6. The largest absolute Gasteiger partial charge is 0.573 e. The standard InChI is InChI=1S/C22H23F5N2O3.C21H21F5N2O3/c23-17-5-6-20(19(24)15-17)31-13-12-28-8-10-29(11-9-28)21(30)7-4-16-2-1-3-18(14-16)32-22(25,26)27;22-16-3-6-19(18(23)14-16)30-12-11-27-7-9-28(10-8-27)20(29)13-15-1-4-17(5-2-15)31-21(24,25)26/h1-3,5-6,14-15H,4,7-13H2;1-6,14H,7-13H2. The average molecular weight is 903 g/mol. The molecule has 0 spiro atoms. The molecule has 2 aliphatic heterocycles. The van der Waals surface area contributed by atoms with Crippen LogP contribution in [-0.2, 0) is 22.4 Å². The van der Waals surface area contributed by atoms with Gasteiger partial charge in [-0.2, -0.15) is 0 Å². The van der Waals surface area contributed by atoms with Gasteiger partial charge in [-0.1, -0.05) is 24.3 Å². The molecule has 0 bridgehead atoms. The van der Waals surface area contributed by atoms with E-state index in [9.17, 15) is 53.5 Å². The van der Waals surface area contributed by atoms with Crippen LogP contribution in [0, 0.1) is 23.3 Å². The van der Waals surface area contributed by atoms with Gasteiger partial charge in [0, 0.05) is 84.0 Å². The van der Waals surface area contributed by atoms with Crippen LogP contribution in [0.2, 0.25) is 0 Å². The fraction of sp³-hybridized carbons (Fsp3) is 0.395. The van der Waals surface area contributed by atoms with Crippen LogP contribution >= 0.6 is 0 Å². The van der Waals surface area contributed by atoms with Gasteiger partial charge in [-0.15, -0.1) is 26.3 Å². The van der Waals surface area contributed by atoms with Crippen molar-refractivity contribution in [3.05, 3.63) is 119 Å². The molecule has 63 heavy (non-hydrogen) atoms. The van der Waals surface area contributed by atoms with Crippen molar-refractivity contribution in [3.63, 3.8) is 0 Å². The second-order valence-electron chi connectivity index (χ2n) is 14.4. The molecule has 2 heterocycles. The molecule has 0 aliphatic carbocycles. The Kier molecular flexibility index (Phi) is 17.3. The van der Waals surface area contributed by atoms with Gasteiger partial charge >= 0.3 is 12.7 Å². The molecule has 0 saturated carbocycles. The van der Waals surface area contributed by atoms with Gasteiger partial charge in [-0.3, -0.25) is 19.4 Å². The molecule has 0 atom stereocenters. The Labute approximate surface area is 356 Å². The number of ether oxygens (including phenoxy) is 4. The van der Waals surface area contributed by atoms with Crippen molar-refractivity contribution in [2.75, 3.05) is 78.7 Å². The molecule has 4 aromatic carbocycles. The molecule has 2 saturated heterocycles. The van der Waals surface area contributed by atoms with E-state index in [2.05, 4.69) is 19.3 Å². The number of piperazine rings is 2. The van der Waals surface area contributed by atoms with Gasteiger partial charge < -0.3 is 28.7 Å². The molecule has 0 radical (unpaired) electrons. The summed E-state index contributed by atoms with van der Waals surface area (Å²) in [5.41, 5.74) is 1.18. The lowest BCUT2D eigenvalue weighted by Gasteiger charge is -2.34. The molecule has 6 rings (SSSR count). The van der Waals surface area contributed by atoms with Crippen LogP contribution in [0.3, 0.4) is 0 Å². The van der Waals surface area contributed by atoms with Crippen LogP contribution in [0.15, 0.2) is 84.9 Å². The van der Waals surface area contributed by atoms with E-state index in [0.717, 1.165) is 24.3 Å². The van der Waals surface area contributed by atoms with Gasteiger partial charge in [-0.05, 0) is 66.1 Å². The molecular weight excluding hydrogens is 858 g/mol. The molecule has 0 aromatic heterocycles. The van der Waals surface area contributed by atoms with E-state index in [1.807, 2.05) is 0 Å². The number of nitrogens with zero attached hydrogens (tertiary/aromatic N) is 4. The zero-order valence-corrected chi connectivity index (χ0v) is 33.7. The van der Waals surface area contributed by atoms with E-state index in [1.165, 1.54) is 54.6 Å². The number of carbonyl (C=O) groups excluding carboxylic acids is 2. The Morgan fingerprint density at radius 3 is 1.48 bits per heavy atom. The van der Waals surface area contributed by atoms with Crippen molar-refractivity contribution in [3.8, 4) is 23.0 Å². The number of amides is 2. The third-order valence-electron chi connectivity index (χ3n) is 9.84. The highest BCUT2D eigenvalue weighted by atomic mass is 19.4. The van der Waals surface area contributed by atoms with E-state index < -0.39 is 36.0 Å². The van der Waals surface area contributed by atoms with Gasteiger partial charge in [0.2, 0.25) is 11.8 Å². The van der Waals surface area contributed by atoms with Crippen molar-refractivity contribution < 1.29 is 72.4 Å². The molecule has 2 aliphatic rings. The number of hydrogen-bond donors (Lipinski definition) is 0. The smallest absolute Gasteiger partial charge is 0.489 e. The Morgan fingerprint density at radius 1 is 0.524 bits per heavy atom. The van der Waals surface area contributed by atoms with Gasteiger partial charge in [0.05, 0.1) is 6.42 Å². The van der Waals surface area contributed by atoms with Crippen molar-refractivity contribution in [1.29, 1.82) is 0 Å². The van der Waals surface area contributed by atoms with Crippen LogP contribution in [0.4, 0.5) is 43.9 Å². The summed E-state index contributed by atoms with van der Waals surface area (Å²) in [6.45, 7) is 6.00. The maximum atomic E-state index is 13.6. The fourth-order valence-corrected chi connectivity index (χ4v) is 6.60. The van der Waals surface area contributed by atoms with Crippen molar-refractivity contribution in [1.82, 2.24) is 19.6 Å². The first-order valence-electron chi connectivity index (χ1n) is 19.7. The van der Waals surface area contributed by atoms with Gasteiger partial charge in [-0.25, -0.2) is 17.6 Å². The van der Waals surface area contributed by atoms with E-state index in [4.69, 9.17) is 9.47 Å². The quantitative estimate of drug-likeness (QED) is 0.113. The van der Waals surface area contributed by atoms with Crippen LogP contribution in [0.1, 0.15) is 17.5 Å². The lowest BCUT2D eigenvalue weighted by Crippen LogP contribution is -2.49. The summed E-state index contributed by atoms with van der Waals surface area (Å²) >= 11 is 0. The summed E-state index contributed by atoms with van der Waals surface area (Å²) in [7, 11) is 0. The minimum absolute atomic E-state index is 0.00934. The minimum atomic E-state index is -4.76. The Balaban J connectivity index is 0.000000238. The monoisotopic (exact) mass is 902 g/mol. The number of hydrogen-bond acceptors (Lipinski definition) is 8. The first-order valence-corrected chi connectivity index (χ1v) is 19.7. The SMILES string of the molecule is O=C(CCc1cccc(OC(F)(F)F)c1)N1CCN(CCOc2ccc(F)cc2F)CC1.O=C(Cc1ccc(OC(F)(F)F)cc1)N1CCN(CCOc2ccc(F)cc2F)CC1. The van der Waals surface area contributed by atoms with Crippen LogP contribution in [-0.4, -0.2) is 123 Å². The molecule has 342 valence electrons. The van der Waals surface area contributed by atoms with E-state index in [1.54, 1.807) is 15.9 Å². The third-order valence-corrected chi connectivity index (χ3v) is 9.84. The summed E-state index contributed by atoms with van der Waals surface area (Å²) in [5, 5.41) is 0. The van der Waals surface area contributed by atoms with E-state index in [-0.39, 0.29) is 60.9 Å². The van der Waals surface area contributed by atoms with Crippen LogP contribution < -0.4 is 18.9 Å². The number of halogens is 10. The maximum absolute atomic E-state index is 13.6. The molecule has 2 fully saturated rings. The topological polar surface area (TPSA) is 84.0 Å². The lowest BCUT2D eigenvalue weighted by molar-refractivity contribution is -0.275. The number of alkyl halides is 6. The predicted molar refractivity (Wildman–Crippen MR) is 208 cm³/mol. The molecule has 20 heteroatoms. The molecule has 0 N–H and O–H groups in total. The van der Waals surface area contributed by atoms with E-state index >= 15 is 0 Å². The molecule has 2 amide bonds. The molecular formula is C43H44F10N4O6. The minimum Gasteiger partial charge on any atom is -0.489 e. The van der Waals surface area contributed by atoms with Crippen molar-refractivity contribution in [2.24, 2.45) is 0 Å². The highest BCUT2D eigenvalue weighted by molar-refractivity contribution is 5.79. The van der Waals surface area contributed by atoms with Gasteiger partial charge in [0.15, 0.2) is 23.1 Å². The summed E-state index contributed by atoms with van der Waals surface area (Å²) in [4.78, 5) is 32.4. The summed E-state index contributed by atoms with van der Waals surface area (Å²) < 4.78 is 145. The molecule has 10 nitrogen and oxygen atoms in total. The van der Waals surface area contributed by atoms with Crippen molar-refractivity contribution >= 4 is 11.8 Å². The van der Waals surface area contributed by atoms with E-state index in [0.29, 0.717) is 83.0 Å². The lowest BCUT2D eigenvalue weighted by atomic mass is 10.1. The highest BCUT2D eigenvalue weighted by Crippen LogP contribution is 2.25. The van der Waals surface area contributed by atoms with Crippen molar-refractivity contribution in [2.45, 2.75) is 32.0 Å². The number of carbonyl (C=O) groups is 2. The Morgan fingerprint density at radius 2 is 1.00 bits per heavy atom. The second-order valence-corrected chi connectivity index (χ2v) is 14.4. The Hall–Kier alpha value is -5.76. The second kappa shape index (κ2) is 22.5. The number of benzene rings is 4. The third kappa shape index (κ3) is 16.8. The summed E-state index contributed by atoms with van der Waals surface area (Å²) in [6.07, 6.45) is -8.94. The van der Waals surface area contributed by atoms with Crippen LogP contribution in [0.5, 0.6) is 23.0 Å². The normalized spacial score (nSPS) is 15.0. The predicted octanol–water partition coefficient (Wildman–Crippen LogP) is 7.65. The summed E-state index contributed by atoms with van der Waals surface area (Å²) in [6, 6.07) is 17.1.